The maximum Gasteiger partial charge on any atom is 0.338 e. The third kappa shape index (κ3) is 3.17. The first-order valence-corrected chi connectivity index (χ1v) is 7.19. The van der Waals surface area contributed by atoms with Crippen molar-refractivity contribution in [3.8, 4) is 0 Å². The predicted octanol–water partition coefficient (Wildman–Crippen LogP) is 3.23. The minimum absolute atomic E-state index is 0.0758. The van der Waals surface area contributed by atoms with E-state index in [-0.39, 0.29) is 24.4 Å². The molecule has 0 aromatic heterocycles. The van der Waals surface area contributed by atoms with Crippen LogP contribution < -0.4 is 0 Å². The van der Waals surface area contributed by atoms with Gasteiger partial charge in [0.1, 0.15) is 6.61 Å². The van der Waals surface area contributed by atoms with Gasteiger partial charge in [0.15, 0.2) is 0 Å². The van der Waals surface area contributed by atoms with Crippen LogP contribution in [0.3, 0.4) is 0 Å². The molecule has 4 nitrogen and oxygen atoms in total. The van der Waals surface area contributed by atoms with Gasteiger partial charge in [-0.3, -0.25) is 4.79 Å². The van der Waals surface area contributed by atoms with Gasteiger partial charge in [-0.25, -0.2) is 4.79 Å². The summed E-state index contributed by atoms with van der Waals surface area (Å²) in [5, 5.41) is 8.93. The van der Waals surface area contributed by atoms with Crippen molar-refractivity contribution in [2.75, 3.05) is 0 Å². The highest BCUT2D eigenvalue weighted by atomic mass is 16.5. The predicted molar refractivity (Wildman–Crippen MR) is 80.5 cm³/mol. The Balaban J connectivity index is 1.58. The van der Waals surface area contributed by atoms with Crippen molar-refractivity contribution < 1.29 is 19.4 Å². The maximum atomic E-state index is 12.0. The van der Waals surface area contributed by atoms with Crippen molar-refractivity contribution in [1.29, 1.82) is 0 Å². The fourth-order valence-electron chi connectivity index (χ4n) is 2.51. The largest absolute Gasteiger partial charge is 0.481 e. The van der Waals surface area contributed by atoms with E-state index in [4.69, 9.17) is 9.84 Å². The van der Waals surface area contributed by atoms with E-state index in [1.165, 1.54) is 0 Å². The summed E-state index contributed by atoms with van der Waals surface area (Å²) in [6.45, 7) is 0.241. The minimum Gasteiger partial charge on any atom is -0.481 e. The molecule has 3 rings (SSSR count). The van der Waals surface area contributed by atoms with E-state index < -0.39 is 5.97 Å². The summed E-state index contributed by atoms with van der Waals surface area (Å²) >= 11 is 0. The molecule has 1 saturated carbocycles. The molecule has 0 amide bonds. The zero-order chi connectivity index (χ0) is 15.5. The number of rotatable bonds is 5. The number of hydrogen-bond acceptors (Lipinski definition) is 3. The number of ether oxygens (including phenoxy) is 1. The van der Waals surface area contributed by atoms with Gasteiger partial charge in [0.2, 0.25) is 0 Å². The van der Waals surface area contributed by atoms with E-state index >= 15 is 0 Å². The van der Waals surface area contributed by atoms with Gasteiger partial charge >= 0.3 is 11.9 Å². The topological polar surface area (TPSA) is 63.6 Å². The average Bonchev–Trinajstić information content (AvgIpc) is 3.35. The molecule has 1 N–H and O–H groups in total. The van der Waals surface area contributed by atoms with E-state index in [1.54, 1.807) is 12.1 Å². The van der Waals surface area contributed by atoms with Crippen molar-refractivity contribution >= 4 is 11.9 Å². The highest BCUT2D eigenvalue weighted by Gasteiger charge is 2.44. The Hall–Kier alpha value is -2.62. The number of esters is 1. The number of carboxylic acid groups (broad SMARTS) is 1. The molecule has 2 atom stereocenters. The number of hydrogen-bond donors (Lipinski definition) is 1. The van der Waals surface area contributed by atoms with Gasteiger partial charge in [-0.2, -0.15) is 0 Å². The van der Waals surface area contributed by atoms with E-state index in [0.717, 1.165) is 11.1 Å². The molecule has 4 heteroatoms. The van der Waals surface area contributed by atoms with Gasteiger partial charge in [-0.1, -0.05) is 42.5 Å². The van der Waals surface area contributed by atoms with E-state index in [9.17, 15) is 9.59 Å². The molecule has 0 radical (unpaired) electrons. The normalized spacial score (nSPS) is 19.5. The summed E-state index contributed by atoms with van der Waals surface area (Å²) in [6.07, 6.45) is 0.674. The zero-order valence-electron chi connectivity index (χ0n) is 11.9. The summed E-state index contributed by atoms with van der Waals surface area (Å²) in [5.41, 5.74) is 2.38. The molecule has 2 aromatic carbocycles. The van der Waals surface area contributed by atoms with E-state index in [1.807, 2.05) is 42.5 Å². The molecular formula is C18H16O4. The third-order valence-electron chi connectivity index (χ3n) is 3.89. The summed E-state index contributed by atoms with van der Waals surface area (Å²) in [6, 6.07) is 16.5. The third-order valence-corrected chi connectivity index (χ3v) is 3.89. The monoisotopic (exact) mass is 296 g/mol. The lowest BCUT2D eigenvalue weighted by Crippen LogP contribution is -2.05. The van der Waals surface area contributed by atoms with Gasteiger partial charge in [0, 0.05) is 0 Å². The van der Waals surface area contributed by atoms with Crippen LogP contribution in [-0.4, -0.2) is 17.0 Å². The van der Waals surface area contributed by atoms with Crippen molar-refractivity contribution in [1.82, 2.24) is 0 Å². The summed E-state index contributed by atoms with van der Waals surface area (Å²) in [4.78, 5) is 22.8. The molecule has 0 heterocycles. The molecule has 22 heavy (non-hydrogen) atoms. The quantitative estimate of drug-likeness (QED) is 0.860. The highest BCUT2D eigenvalue weighted by molar-refractivity contribution is 5.89. The van der Waals surface area contributed by atoms with Crippen LogP contribution in [0.25, 0.3) is 0 Å². The number of aliphatic carboxylic acids is 1. The molecule has 0 bridgehead atoms. The Bertz CT molecular complexity index is 676. The fraction of sp³-hybridized carbons (Fsp3) is 0.222. The van der Waals surface area contributed by atoms with Gasteiger partial charge in [0.05, 0.1) is 11.5 Å². The lowest BCUT2D eigenvalue weighted by atomic mass is 10.1. The molecular weight excluding hydrogens is 280 g/mol. The molecule has 1 aliphatic carbocycles. The Kier molecular flexibility index (Phi) is 3.92. The fourth-order valence-corrected chi connectivity index (χ4v) is 2.51. The zero-order valence-corrected chi connectivity index (χ0v) is 11.9. The Morgan fingerprint density at radius 3 is 2.32 bits per heavy atom. The first-order chi connectivity index (χ1) is 10.6. The number of carbonyl (C=O) groups is 2. The second-order valence-electron chi connectivity index (χ2n) is 5.47. The molecule has 0 unspecified atom stereocenters. The van der Waals surface area contributed by atoms with Crippen LogP contribution in [0.2, 0.25) is 0 Å². The van der Waals surface area contributed by atoms with Crippen LogP contribution in [0.15, 0.2) is 54.6 Å². The molecule has 0 spiro atoms. The van der Waals surface area contributed by atoms with Gasteiger partial charge < -0.3 is 9.84 Å². The summed E-state index contributed by atoms with van der Waals surface area (Å²) in [5.74, 6) is -1.33. The summed E-state index contributed by atoms with van der Waals surface area (Å²) in [7, 11) is 0. The van der Waals surface area contributed by atoms with Crippen LogP contribution in [0.5, 0.6) is 0 Å². The van der Waals surface area contributed by atoms with Crippen molar-refractivity contribution in [3.63, 3.8) is 0 Å². The SMILES string of the molecule is O=C(OCc1ccccc1)c1ccc([C@@H]2C[C@H]2C(=O)O)cc1. The summed E-state index contributed by atoms with van der Waals surface area (Å²) < 4.78 is 5.26. The first kappa shape index (κ1) is 14.3. The second-order valence-corrected chi connectivity index (χ2v) is 5.47. The highest BCUT2D eigenvalue weighted by Crippen LogP contribution is 2.47. The molecule has 0 saturated heterocycles. The molecule has 0 aliphatic heterocycles. The Morgan fingerprint density at radius 2 is 1.73 bits per heavy atom. The molecule has 2 aromatic rings. The Labute approximate surface area is 128 Å². The van der Waals surface area contributed by atoms with E-state index in [2.05, 4.69) is 0 Å². The molecule has 1 aliphatic rings. The van der Waals surface area contributed by atoms with Crippen LogP contribution in [0, 0.1) is 5.92 Å². The van der Waals surface area contributed by atoms with Gasteiger partial charge in [-0.15, -0.1) is 0 Å². The van der Waals surface area contributed by atoms with Crippen LogP contribution >= 0.6 is 0 Å². The molecule has 112 valence electrons. The lowest BCUT2D eigenvalue weighted by Gasteiger charge is -2.06. The van der Waals surface area contributed by atoms with Crippen LogP contribution in [-0.2, 0) is 16.1 Å². The Morgan fingerprint density at radius 1 is 1.05 bits per heavy atom. The van der Waals surface area contributed by atoms with E-state index in [0.29, 0.717) is 12.0 Å². The second kappa shape index (κ2) is 6.02. The average molecular weight is 296 g/mol. The number of carbonyl (C=O) groups excluding carboxylic acids is 1. The number of carboxylic acids is 1. The van der Waals surface area contributed by atoms with Crippen molar-refractivity contribution in [2.45, 2.75) is 18.9 Å². The van der Waals surface area contributed by atoms with Crippen LogP contribution in [0.1, 0.15) is 33.8 Å². The van der Waals surface area contributed by atoms with Gasteiger partial charge in [-0.05, 0) is 35.6 Å². The minimum atomic E-state index is -0.753. The standard InChI is InChI=1S/C18H16O4/c19-17(20)16-10-15(16)13-6-8-14(9-7-13)18(21)22-11-12-4-2-1-3-5-12/h1-9,15-16H,10-11H2,(H,19,20)/t15-,16+/m0/s1. The first-order valence-electron chi connectivity index (χ1n) is 7.19. The maximum absolute atomic E-state index is 12.0. The lowest BCUT2D eigenvalue weighted by molar-refractivity contribution is -0.138. The van der Waals surface area contributed by atoms with Gasteiger partial charge in [0.25, 0.3) is 0 Å². The van der Waals surface area contributed by atoms with Crippen molar-refractivity contribution in [2.24, 2.45) is 5.92 Å². The smallest absolute Gasteiger partial charge is 0.338 e. The van der Waals surface area contributed by atoms with Crippen LogP contribution in [0.4, 0.5) is 0 Å². The van der Waals surface area contributed by atoms with Crippen molar-refractivity contribution in [3.05, 3.63) is 71.3 Å². The molecule has 1 fully saturated rings. The number of benzene rings is 2.